The number of rotatable bonds is 3. The third-order valence-electron chi connectivity index (χ3n) is 3.58. The summed E-state index contributed by atoms with van der Waals surface area (Å²) in [5.41, 5.74) is 1.53. The van der Waals surface area contributed by atoms with E-state index in [-0.39, 0.29) is 0 Å². The molecule has 0 amide bonds. The summed E-state index contributed by atoms with van der Waals surface area (Å²) in [5.74, 6) is 0. The van der Waals surface area contributed by atoms with E-state index in [4.69, 9.17) is 4.74 Å². The zero-order valence-corrected chi connectivity index (χ0v) is 10.3. The first-order valence-electron chi connectivity index (χ1n) is 6.91. The van der Waals surface area contributed by atoms with Crippen molar-refractivity contribution in [2.45, 2.75) is 63.9 Å². The SMILES string of the molecule is C1=CC(OCC2=CCCCC2)CCCCC1. The van der Waals surface area contributed by atoms with Gasteiger partial charge in [-0.15, -0.1) is 0 Å². The summed E-state index contributed by atoms with van der Waals surface area (Å²) in [5, 5.41) is 0. The van der Waals surface area contributed by atoms with Crippen molar-refractivity contribution in [3.63, 3.8) is 0 Å². The van der Waals surface area contributed by atoms with E-state index in [1.54, 1.807) is 0 Å². The van der Waals surface area contributed by atoms with Gasteiger partial charge in [0.25, 0.3) is 0 Å². The molecule has 0 saturated carbocycles. The van der Waals surface area contributed by atoms with Crippen LogP contribution in [0.1, 0.15) is 57.8 Å². The van der Waals surface area contributed by atoms with Crippen molar-refractivity contribution in [1.82, 2.24) is 0 Å². The second-order valence-corrected chi connectivity index (χ2v) is 5.02. The molecule has 0 bridgehead atoms. The van der Waals surface area contributed by atoms with Crippen LogP contribution in [0.4, 0.5) is 0 Å². The average molecular weight is 220 g/mol. The second kappa shape index (κ2) is 6.90. The summed E-state index contributed by atoms with van der Waals surface area (Å²) in [6.45, 7) is 0.870. The third-order valence-corrected chi connectivity index (χ3v) is 3.58. The van der Waals surface area contributed by atoms with Gasteiger partial charge >= 0.3 is 0 Å². The molecule has 2 aliphatic carbocycles. The Labute approximate surface area is 99.6 Å². The lowest BCUT2D eigenvalue weighted by molar-refractivity contribution is 0.0922. The molecule has 1 heteroatoms. The predicted molar refractivity (Wildman–Crippen MR) is 68.5 cm³/mol. The maximum absolute atomic E-state index is 6.00. The first-order chi connectivity index (χ1) is 7.95. The molecule has 2 rings (SSSR count). The van der Waals surface area contributed by atoms with E-state index in [9.17, 15) is 0 Å². The number of hydrogen-bond acceptors (Lipinski definition) is 1. The molecular formula is C15H24O. The number of hydrogen-bond donors (Lipinski definition) is 0. The third kappa shape index (κ3) is 4.13. The molecular weight excluding hydrogens is 196 g/mol. The van der Waals surface area contributed by atoms with Crippen molar-refractivity contribution in [3.8, 4) is 0 Å². The number of allylic oxidation sites excluding steroid dienone is 2. The molecule has 0 radical (unpaired) electrons. The molecule has 1 unspecified atom stereocenters. The van der Waals surface area contributed by atoms with Gasteiger partial charge in [0.15, 0.2) is 0 Å². The Kier molecular flexibility index (Phi) is 5.14. The lowest BCUT2D eigenvalue weighted by atomic mass is 10.00. The van der Waals surface area contributed by atoms with E-state index in [0.717, 1.165) is 6.61 Å². The molecule has 0 saturated heterocycles. The Balaban J connectivity index is 1.74. The Morgan fingerprint density at radius 3 is 2.88 bits per heavy atom. The highest BCUT2D eigenvalue weighted by molar-refractivity contribution is 5.05. The van der Waals surface area contributed by atoms with Crippen molar-refractivity contribution >= 4 is 0 Å². The highest BCUT2D eigenvalue weighted by Crippen LogP contribution is 2.20. The Bertz CT molecular complexity index is 252. The van der Waals surface area contributed by atoms with E-state index >= 15 is 0 Å². The molecule has 2 aliphatic rings. The molecule has 0 heterocycles. The first kappa shape index (κ1) is 11.9. The fourth-order valence-electron chi connectivity index (χ4n) is 2.52. The van der Waals surface area contributed by atoms with Gasteiger partial charge in [0.1, 0.15) is 0 Å². The quantitative estimate of drug-likeness (QED) is 0.641. The van der Waals surface area contributed by atoms with Gasteiger partial charge in [-0.2, -0.15) is 0 Å². The standard InChI is InChI=1S/C15H24O/c1-2-7-11-15(12-8-3-1)16-13-14-9-5-4-6-10-14/h7,9,11,15H,1-6,8,10,12-13H2. The van der Waals surface area contributed by atoms with E-state index in [0.29, 0.717) is 6.10 Å². The van der Waals surface area contributed by atoms with Gasteiger partial charge in [-0.25, -0.2) is 0 Å². The topological polar surface area (TPSA) is 9.23 Å². The second-order valence-electron chi connectivity index (χ2n) is 5.02. The van der Waals surface area contributed by atoms with E-state index in [1.807, 2.05) is 0 Å². The molecule has 0 aromatic heterocycles. The Morgan fingerprint density at radius 2 is 2.00 bits per heavy atom. The zero-order chi connectivity index (χ0) is 11.1. The maximum atomic E-state index is 6.00. The number of ether oxygens (including phenoxy) is 1. The van der Waals surface area contributed by atoms with Crippen molar-refractivity contribution in [2.75, 3.05) is 6.61 Å². The molecule has 0 N–H and O–H groups in total. The van der Waals surface area contributed by atoms with Crippen LogP contribution in [0.25, 0.3) is 0 Å². The summed E-state index contributed by atoms with van der Waals surface area (Å²) in [7, 11) is 0. The monoisotopic (exact) mass is 220 g/mol. The molecule has 1 atom stereocenters. The summed E-state index contributed by atoms with van der Waals surface area (Å²) in [6.07, 6.45) is 19.1. The van der Waals surface area contributed by atoms with Crippen LogP contribution in [0.5, 0.6) is 0 Å². The van der Waals surface area contributed by atoms with Crippen LogP contribution in [0.15, 0.2) is 23.8 Å². The predicted octanol–water partition coefficient (Wildman–Crippen LogP) is 4.39. The Hall–Kier alpha value is -0.560. The van der Waals surface area contributed by atoms with Crippen LogP contribution < -0.4 is 0 Å². The van der Waals surface area contributed by atoms with Crippen molar-refractivity contribution in [3.05, 3.63) is 23.8 Å². The molecule has 16 heavy (non-hydrogen) atoms. The van der Waals surface area contributed by atoms with Crippen LogP contribution in [-0.4, -0.2) is 12.7 Å². The molecule has 0 aromatic rings. The summed E-state index contributed by atoms with van der Waals surface area (Å²) in [6, 6.07) is 0. The molecule has 0 fully saturated rings. The Morgan fingerprint density at radius 1 is 1.06 bits per heavy atom. The zero-order valence-electron chi connectivity index (χ0n) is 10.3. The first-order valence-corrected chi connectivity index (χ1v) is 6.91. The van der Waals surface area contributed by atoms with E-state index in [2.05, 4.69) is 18.2 Å². The van der Waals surface area contributed by atoms with Gasteiger partial charge in [-0.3, -0.25) is 0 Å². The van der Waals surface area contributed by atoms with Crippen molar-refractivity contribution in [1.29, 1.82) is 0 Å². The van der Waals surface area contributed by atoms with Gasteiger partial charge in [0.05, 0.1) is 12.7 Å². The minimum absolute atomic E-state index is 0.378. The van der Waals surface area contributed by atoms with E-state index < -0.39 is 0 Å². The molecule has 0 aliphatic heterocycles. The van der Waals surface area contributed by atoms with Gasteiger partial charge < -0.3 is 4.74 Å². The van der Waals surface area contributed by atoms with Crippen molar-refractivity contribution in [2.24, 2.45) is 0 Å². The normalized spacial score (nSPS) is 27.0. The van der Waals surface area contributed by atoms with E-state index in [1.165, 1.54) is 63.4 Å². The summed E-state index contributed by atoms with van der Waals surface area (Å²) >= 11 is 0. The molecule has 0 aromatic carbocycles. The van der Waals surface area contributed by atoms with Crippen LogP contribution in [0.3, 0.4) is 0 Å². The van der Waals surface area contributed by atoms with Crippen LogP contribution in [0.2, 0.25) is 0 Å². The summed E-state index contributed by atoms with van der Waals surface area (Å²) in [4.78, 5) is 0. The van der Waals surface area contributed by atoms with Gasteiger partial charge in [0, 0.05) is 0 Å². The van der Waals surface area contributed by atoms with Crippen LogP contribution >= 0.6 is 0 Å². The lowest BCUT2D eigenvalue weighted by Crippen LogP contribution is -2.13. The molecule has 0 spiro atoms. The molecule has 90 valence electrons. The minimum Gasteiger partial charge on any atom is -0.370 e. The van der Waals surface area contributed by atoms with Crippen molar-refractivity contribution < 1.29 is 4.74 Å². The van der Waals surface area contributed by atoms with Gasteiger partial charge in [-0.1, -0.05) is 31.1 Å². The largest absolute Gasteiger partial charge is 0.370 e. The van der Waals surface area contributed by atoms with Gasteiger partial charge in [0.2, 0.25) is 0 Å². The van der Waals surface area contributed by atoms with Crippen LogP contribution in [-0.2, 0) is 4.74 Å². The summed E-state index contributed by atoms with van der Waals surface area (Å²) < 4.78 is 6.00. The van der Waals surface area contributed by atoms with Crippen LogP contribution in [0, 0.1) is 0 Å². The fourth-order valence-corrected chi connectivity index (χ4v) is 2.52. The lowest BCUT2D eigenvalue weighted by Gasteiger charge is -2.19. The van der Waals surface area contributed by atoms with Gasteiger partial charge in [-0.05, 0) is 50.5 Å². The minimum atomic E-state index is 0.378. The maximum Gasteiger partial charge on any atom is 0.0760 e. The fraction of sp³-hybridized carbons (Fsp3) is 0.733. The smallest absolute Gasteiger partial charge is 0.0760 e. The highest BCUT2D eigenvalue weighted by Gasteiger charge is 2.09. The molecule has 1 nitrogen and oxygen atoms in total. The highest BCUT2D eigenvalue weighted by atomic mass is 16.5. The average Bonchev–Trinajstić information content (AvgIpc) is 2.29.